The number of nitrogens with zero attached hydrogens (tertiary/aromatic N) is 2. The van der Waals surface area contributed by atoms with Crippen molar-refractivity contribution in [2.45, 2.75) is 19.0 Å². The number of hydrogen-bond acceptors (Lipinski definition) is 1. The normalized spacial score (nSPS) is 16.1. The van der Waals surface area contributed by atoms with E-state index in [0.29, 0.717) is 17.0 Å². The molecule has 0 spiro atoms. The predicted molar refractivity (Wildman–Crippen MR) is 108 cm³/mol. The lowest BCUT2D eigenvalue weighted by atomic mass is 10.1. The number of allylic oxidation sites excluding steroid dienone is 1. The van der Waals surface area contributed by atoms with E-state index >= 15 is 0 Å². The van der Waals surface area contributed by atoms with Crippen molar-refractivity contribution in [3.8, 4) is 0 Å². The zero-order chi connectivity index (χ0) is 20.8. The number of likely N-dealkylation sites (N-methyl/N-ethyl adjacent to an activating group) is 1. The van der Waals surface area contributed by atoms with Crippen LogP contribution in [0.5, 0.6) is 0 Å². The van der Waals surface area contributed by atoms with E-state index in [1.165, 1.54) is 0 Å². The molecule has 0 fully saturated rings. The van der Waals surface area contributed by atoms with Gasteiger partial charge in [-0.3, -0.25) is 0 Å². The van der Waals surface area contributed by atoms with Gasteiger partial charge in [0.1, 0.15) is 5.82 Å². The lowest BCUT2D eigenvalue weighted by molar-refractivity contribution is -0.0684. The van der Waals surface area contributed by atoms with Crippen LogP contribution < -0.4 is 0 Å². The monoisotopic (exact) mass is 422 g/mol. The first kappa shape index (κ1) is 20.0. The predicted octanol–water partition coefficient (Wildman–Crippen LogP) is 6.02. The molecule has 0 N–H and O–H groups in total. The number of alkyl halides is 3. The summed E-state index contributed by atoms with van der Waals surface area (Å²) in [5, 5.41) is 1.42. The average molecular weight is 423 g/mol. The molecule has 0 amide bonds. The number of benzene rings is 2. The van der Waals surface area contributed by atoms with E-state index in [1.54, 1.807) is 16.7 Å². The van der Waals surface area contributed by atoms with Crippen LogP contribution in [0, 0.1) is 5.82 Å². The first-order valence-corrected chi connectivity index (χ1v) is 9.66. The van der Waals surface area contributed by atoms with Crippen LogP contribution in [0.4, 0.5) is 17.6 Å². The largest absolute Gasteiger partial charge is 0.418 e. The Labute approximate surface area is 171 Å². The molecule has 0 unspecified atom stereocenters. The standard InChI is InChI=1S/C22H19ClF4N2/c1-28-10-8-17-18-12-15(23)4-7-20(18)29(21(17)9-11-28)13-19(22(25,26)27)14-2-5-16(24)6-3-14/h2-7,12-13H,8-11H2,1H3/b19-13-. The molecule has 1 aliphatic rings. The summed E-state index contributed by atoms with van der Waals surface area (Å²) < 4.78 is 56.7. The van der Waals surface area contributed by atoms with E-state index in [2.05, 4.69) is 4.90 Å². The van der Waals surface area contributed by atoms with Gasteiger partial charge in [0.25, 0.3) is 0 Å². The van der Waals surface area contributed by atoms with Gasteiger partial charge in [-0.1, -0.05) is 23.7 Å². The SMILES string of the molecule is CN1CCc2c(n(/C=C(/c3ccc(F)cc3)C(F)(F)F)c3ccc(Cl)cc23)CC1. The van der Waals surface area contributed by atoms with E-state index in [0.717, 1.165) is 66.6 Å². The molecule has 2 nitrogen and oxygen atoms in total. The fraction of sp³-hybridized carbons (Fsp3) is 0.273. The molecule has 7 heteroatoms. The van der Waals surface area contributed by atoms with Crippen molar-refractivity contribution < 1.29 is 17.6 Å². The number of halogens is 5. The van der Waals surface area contributed by atoms with Crippen LogP contribution >= 0.6 is 11.6 Å². The van der Waals surface area contributed by atoms with Crippen LogP contribution in [0.2, 0.25) is 5.02 Å². The summed E-state index contributed by atoms with van der Waals surface area (Å²) in [6, 6.07) is 9.65. The second kappa shape index (κ2) is 7.50. The summed E-state index contributed by atoms with van der Waals surface area (Å²) in [6.45, 7) is 1.58. The van der Waals surface area contributed by atoms with Crippen LogP contribution in [0.3, 0.4) is 0 Å². The highest BCUT2D eigenvalue weighted by molar-refractivity contribution is 6.31. The fourth-order valence-electron chi connectivity index (χ4n) is 3.89. The van der Waals surface area contributed by atoms with Gasteiger partial charge in [0, 0.05) is 41.8 Å². The number of hydrogen-bond donors (Lipinski definition) is 0. The highest BCUT2D eigenvalue weighted by atomic mass is 35.5. The summed E-state index contributed by atoms with van der Waals surface area (Å²) in [7, 11) is 2.00. The minimum atomic E-state index is -4.59. The smallest absolute Gasteiger partial charge is 0.319 e. The van der Waals surface area contributed by atoms with Crippen LogP contribution in [0.25, 0.3) is 22.7 Å². The Balaban J connectivity index is 1.97. The van der Waals surface area contributed by atoms with Crippen molar-refractivity contribution >= 4 is 34.3 Å². The minimum Gasteiger partial charge on any atom is -0.319 e. The van der Waals surface area contributed by atoms with E-state index in [9.17, 15) is 17.6 Å². The molecular weight excluding hydrogens is 404 g/mol. The minimum absolute atomic E-state index is 0.0748. The number of aromatic nitrogens is 1. The molecule has 0 bridgehead atoms. The van der Waals surface area contributed by atoms with Crippen LogP contribution in [0.1, 0.15) is 16.8 Å². The van der Waals surface area contributed by atoms with Crippen molar-refractivity contribution in [2.24, 2.45) is 0 Å². The van der Waals surface area contributed by atoms with Crippen molar-refractivity contribution in [3.05, 3.63) is 70.1 Å². The molecule has 0 atom stereocenters. The first-order chi connectivity index (χ1) is 13.7. The Morgan fingerprint density at radius 2 is 1.72 bits per heavy atom. The third-order valence-corrected chi connectivity index (χ3v) is 5.61. The van der Waals surface area contributed by atoms with Gasteiger partial charge in [-0.05, 0) is 54.9 Å². The zero-order valence-corrected chi connectivity index (χ0v) is 16.5. The maximum atomic E-state index is 13.9. The molecular formula is C22H19ClF4N2. The van der Waals surface area contributed by atoms with Gasteiger partial charge < -0.3 is 9.47 Å². The molecule has 29 heavy (non-hydrogen) atoms. The molecule has 0 saturated carbocycles. The van der Waals surface area contributed by atoms with E-state index in [-0.39, 0.29) is 5.56 Å². The van der Waals surface area contributed by atoms with Crippen molar-refractivity contribution in [1.82, 2.24) is 9.47 Å². The zero-order valence-electron chi connectivity index (χ0n) is 15.7. The molecule has 0 aliphatic carbocycles. The second-order valence-electron chi connectivity index (χ2n) is 7.31. The topological polar surface area (TPSA) is 8.17 Å². The van der Waals surface area contributed by atoms with Crippen molar-refractivity contribution in [2.75, 3.05) is 20.1 Å². The maximum Gasteiger partial charge on any atom is 0.418 e. The number of rotatable bonds is 2. The lowest BCUT2D eigenvalue weighted by Crippen LogP contribution is -2.21. The highest BCUT2D eigenvalue weighted by Crippen LogP contribution is 2.38. The third kappa shape index (κ3) is 3.91. The Bertz CT molecular complexity index is 1080. The van der Waals surface area contributed by atoms with E-state index in [1.807, 2.05) is 13.1 Å². The molecule has 3 aromatic rings. The van der Waals surface area contributed by atoms with Gasteiger partial charge >= 0.3 is 6.18 Å². The van der Waals surface area contributed by atoms with E-state index in [4.69, 9.17) is 11.6 Å². The lowest BCUT2D eigenvalue weighted by Gasteiger charge is -2.15. The molecule has 4 rings (SSSR count). The van der Waals surface area contributed by atoms with Crippen LogP contribution in [-0.2, 0) is 12.8 Å². The van der Waals surface area contributed by atoms with Crippen molar-refractivity contribution in [3.63, 3.8) is 0 Å². The first-order valence-electron chi connectivity index (χ1n) is 9.29. The van der Waals surface area contributed by atoms with Gasteiger partial charge in [-0.2, -0.15) is 13.2 Å². The Morgan fingerprint density at radius 3 is 2.41 bits per heavy atom. The Hall–Kier alpha value is -2.31. The molecule has 152 valence electrons. The maximum absolute atomic E-state index is 13.9. The summed E-state index contributed by atoms with van der Waals surface area (Å²) in [5.41, 5.74) is 1.69. The van der Waals surface area contributed by atoms with Gasteiger partial charge in [0.2, 0.25) is 0 Å². The second-order valence-corrected chi connectivity index (χ2v) is 7.74. The van der Waals surface area contributed by atoms with Crippen LogP contribution in [-0.4, -0.2) is 35.8 Å². The Morgan fingerprint density at radius 1 is 1.03 bits per heavy atom. The molecule has 0 saturated heterocycles. The molecule has 2 heterocycles. The average Bonchev–Trinajstić information content (AvgIpc) is 2.79. The molecule has 1 aromatic heterocycles. The third-order valence-electron chi connectivity index (χ3n) is 5.38. The molecule has 1 aliphatic heterocycles. The summed E-state index contributed by atoms with van der Waals surface area (Å²) in [4.78, 5) is 2.16. The fourth-order valence-corrected chi connectivity index (χ4v) is 4.06. The van der Waals surface area contributed by atoms with E-state index < -0.39 is 17.6 Å². The summed E-state index contributed by atoms with van der Waals surface area (Å²) in [5.74, 6) is -0.576. The Kier molecular flexibility index (Phi) is 5.17. The van der Waals surface area contributed by atoms with Gasteiger partial charge in [-0.25, -0.2) is 4.39 Å². The number of fused-ring (bicyclic) bond motifs is 3. The van der Waals surface area contributed by atoms with Crippen molar-refractivity contribution in [1.29, 1.82) is 0 Å². The molecule has 2 aromatic carbocycles. The highest BCUT2D eigenvalue weighted by Gasteiger charge is 2.35. The molecule has 0 radical (unpaired) electrons. The van der Waals surface area contributed by atoms with Gasteiger partial charge in [-0.15, -0.1) is 0 Å². The quantitative estimate of drug-likeness (QED) is 0.458. The summed E-state index contributed by atoms with van der Waals surface area (Å²) >= 11 is 6.18. The van der Waals surface area contributed by atoms with Gasteiger partial charge in [0.05, 0.1) is 11.1 Å². The van der Waals surface area contributed by atoms with Crippen LogP contribution in [0.15, 0.2) is 42.5 Å². The van der Waals surface area contributed by atoms with Gasteiger partial charge in [0.15, 0.2) is 0 Å². The summed E-state index contributed by atoms with van der Waals surface area (Å²) in [6.07, 6.45) is -2.09.